The van der Waals surface area contributed by atoms with Crippen LogP contribution in [0.2, 0.25) is 0 Å². The minimum Gasteiger partial charge on any atom is -0.544 e. The molecule has 0 aliphatic heterocycles. The maximum absolute atomic E-state index is 14.3. The van der Waals surface area contributed by atoms with E-state index in [2.05, 4.69) is 302 Å². The number of ether oxygens (including phenoxy) is 2. The Morgan fingerprint density at radius 3 is 0.679 bits per heavy atom. The highest BCUT2D eigenvalue weighted by atomic mass is 32.2. The van der Waals surface area contributed by atoms with Crippen LogP contribution in [0.5, 0.6) is 0 Å². The molecule has 1 N–H and O–H groups in total. The van der Waals surface area contributed by atoms with Gasteiger partial charge in [0, 0.05) is 0 Å². The number of hydrogen-bond acceptors (Lipinski definition) is 11. The molecule has 0 saturated heterocycles. The zero-order chi connectivity index (χ0) is 95.0. The van der Waals surface area contributed by atoms with Gasteiger partial charge in [-0.15, -0.1) is 0 Å². The van der Waals surface area contributed by atoms with Gasteiger partial charge in [-0.05, 0) is 311 Å². The third-order valence-electron chi connectivity index (χ3n) is 28.7. The molecule has 11 aromatic carbocycles. The van der Waals surface area contributed by atoms with Gasteiger partial charge in [0.15, 0.2) is 56.3 Å². The minimum absolute atomic E-state index is 0.0146. The molecule has 12 bridgehead atoms. The van der Waals surface area contributed by atoms with Gasteiger partial charge in [0.05, 0.1) is 43.5 Å². The average molecular weight is 1870 g/mol. The van der Waals surface area contributed by atoms with Crippen molar-refractivity contribution in [3.63, 3.8) is 0 Å². The number of rotatable bonds is 21. The number of halogens is 6. The van der Waals surface area contributed by atoms with Gasteiger partial charge in [-0.3, -0.25) is 9.59 Å². The Morgan fingerprint density at radius 2 is 0.485 bits per heavy atom. The van der Waals surface area contributed by atoms with Crippen LogP contribution in [0.25, 0.3) is 0 Å². The Hall–Kier alpha value is -10.6. The van der Waals surface area contributed by atoms with E-state index in [1.54, 1.807) is 12.1 Å². The Balaban J connectivity index is 0.000000123. The molecular formula is C114H118F6O11S3. The average Bonchev–Trinajstić information content (AvgIpc) is 0.705. The summed E-state index contributed by atoms with van der Waals surface area (Å²) in [5.74, 6) is -19.2. The summed E-state index contributed by atoms with van der Waals surface area (Å²) in [6.07, 6.45) is 9.43. The first-order valence-corrected chi connectivity index (χ1v) is 50.5. The van der Waals surface area contributed by atoms with Crippen molar-refractivity contribution in [2.45, 2.75) is 241 Å². The predicted molar refractivity (Wildman–Crippen MR) is 505 cm³/mol. The number of benzene rings is 11. The summed E-state index contributed by atoms with van der Waals surface area (Å²) < 4.78 is 95.2. The van der Waals surface area contributed by atoms with E-state index in [0.717, 1.165) is 44.9 Å². The summed E-state index contributed by atoms with van der Waals surface area (Å²) in [6, 6.07) is 108. The van der Waals surface area contributed by atoms with Crippen molar-refractivity contribution in [1.29, 1.82) is 0 Å². The lowest BCUT2D eigenvalue weighted by Gasteiger charge is -2.60. The van der Waals surface area contributed by atoms with Gasteiger partial charge in [0.2, 0.25) is 0 Å². The first-order chi connectivity index (χ1) is 64.0. The highest BCUT2D eigenvalue weighted by Crippen LogP contribution is 2.65. The molecule has 2 unspecified atom stereocenters. The standard InChI is InChI=1S/2C22H23S.2C20H22F2O4.C18H15S.C12H16F2O3/c2*1-22(2,3)18-14-16-21(17-15-18)23(19-10-6-4-7-11-19)20-12-8-5-9-13-20;2*21-20(22,17(23)24)16(15-4-2-1-3-5-15)26-18(25)19-9-12-6-13(10-19)8-14(7-12)11-19;1-4-10-16(11-5-1)19(17-12-6-2-7-13-17)18-14-8-3-9-15-18;13-12(14,10(15)16)11(17)8-2-6-1-7(4-8)5-9(11)3-6/h2*4-17H,1-3H3;2*1-5,12-14,16H,6-11H2,(H,23,24);1-15H;6-9,17H,1-5H2,(H,15,16)/q2*+1;;;+1;/p-3. The van der Waals surface area contributed by atoms with Crippen molar-refractivity contribution in [1.82, 2.24) is 0 Å². The third kappa shape index (κ3) is 22.1. The fraction of sp³-hybridized carbons (Fsp3) is 0.377. The third-order valence-corrected chi connectivity index (χ3v) is 35.4. The van der Waals surface area contributed by atoms with Crippen LogP contribution < -0.4 is 15.3 Å². The topological polar surface area (TPSA) is 193 Å². The summed E-state index contributed by atoms with van der Waals surface area (Å²) in [4.78, 5) is 70.9. The lowest BCUT2D eigenvalue weighted by Crippen LogP contribution is -2.70. The molecule has 0 heterocycles. The molecule has 2 atom stereocenters. The smallest absolute Gasteiger partial charge is 0.327 e. The summed E-state index contributed by atoms with van der Waals surface area (Å²) in [7, 11) is -0.114. The van der Waals surface area contributed by atoms with Crippen LogP contribution in [0.4, 0.5) is 26.3 Å². The van der Waals surface area contributed by atoms with Crippen LogP contribution in [-0.4, -0.2) is 58.3 Å². The van der Waals surface area contributed by atoms with E-state index in [0.29, 0.717) is 112 Å². The van der Waals surface area contributed by atoms with Crippen LogP contribution in [0, 0.1) is 70.0 Å². The van der Waals surface area contributed by atoms with E-state index < -0.39 is 88.1 Å². The zero-order valence-electron chi connectivity index (χ0n) is 76.6. The Morgan fingerprint density at radius 1 is 0.291 bits per heavy atom. The lowest BCUT2D eigenvalue weighted by atomic mass is 9.48. The van der Waals surface area contributed by atoms with Crippen LogP contribution >= 0.6 is 0 Å². The number of esters is 2. The quantitative estimate of drug-likeness (QED) is 0.0409. The summed E-state index contributed by atoms with van der Waals surface area (Å²) in [5.41, 5.74) is -0.781. The number of hydrogen-bond donors (Lipinski definition) is 1. The second-order valence-electron chi connectivity index (χ2n) is 40.3. The molecule has 700 valence electrons. The fourth-order valence-corrected chi connectivity index (χ4v) is 29.5. The van der Waals surface area contributed by atoms with Gasteiger partial charge in [-0.1, -0.05) is 254 Å². The van der Waals surface area contributed by atoms with Gasteiger partial charge in [0.25, 0.3) is 0 Å². The Labute approximate surface area is 792 Å². The molecule has 12 fully saturated rings. The molecule has 11 aromatic rings. The van der Waals surface area contributed by atoms with Gasteiger partial charge < -0.3 is 44.3 Å². The van der Waals surface area contributed by atoms with Crippen molar-refractivity contribution in [2.75, 3.05) is 0 Å². The summed E-state index contributed by atoms with van der Waals surface area (Å²) in [6.45, 7) is 13.6. The minimum atomic E-state index is -4.29. The van der Waals surface area contributed by atoms with Gasteiger partial charge >= 0.3 is 29.7 Å². The highest BCUT2D eigenvalue weighted by Gasteiger charge is 2.68. The van der Waals surface area contributed by atoms with Crippen molar-refractivity contribution in [3.05, 3.63) is 344 Å². The molecule has 12 aliphatic rings. The molecule has 0 amide bonds. The molecular weight excluding hydrogens is 1760 g/mol. The number of carbonyl (C=O) groups is 5. The largest absolute Gasteiger partial charge is 0.544 e. The van der Waals surface area contributed by atoms with Crippen molar-refractivity contribution >= 4 is 62.5 Å². The zero-order valence-corrected chi connectivity index (χ0v) is 79.0. The van der Waals surface area contributed by atoms with Crippen LogP contribution in [0.3, 0.4) is 0 Å². The van der Waals surface area contributed by atoms with Crippen LogP contribution in [0.1, 0.15) is 185 Å². The maximum atomic E-state index is 14.3. The number of aliphatic hydroxyl groups is 1. The van der Waals surface area contributed by atoms with E-state index >= 15 is 0 Å². The van der Waals surface area contributed by atoms with E-state index in [1.165, 1.54) is 104 Å². The van der Waals surface area contributed by atoms with Gasteiger partial charge in [-0.2, -0.15) is 26.3 Å². The summed E-state index contributed by atoms with van der Waals surface area (Å²) >= 11 is 0. The molecule has 12 aliphatic carbocycles. The fourth-order valence-electron chi connectivity index (χ4n) is 23.2. The number of alkyl halides is 6. The predicted octanol–water partition coefficient (Wildman–Crippen LogP) is 23.2. The van der Waals surface area contributed by atoms with Gasteiger partial charge in [0.1, 0.15) is 23.5 Å². The SMILES string of the molecule is CC(C)(C)c1ccc([S+](c2ccccc2)c2ccccc2)cc1.CC(C)(C)c1ccc([S+](c2ccccc2)c2ccccc2)cc1.O=C(OC(c1ccccc1)C(F)(F)C(=O)[O-])C12CC3CC(CC(C3)C1)C2.O=C(OC(c1ccccc1)C(F)(F)C(=O)[O-])C12CC3CC(CC(C3)C1)C2.O=C([O-])C(F)(F)C1(O)C2CC3CC(C2)CC1C3.c1ccc([S+](c2ccccc2)c2ccccc2)cc1. The number of carboxylic acids is 3. The normalized spacial score (nSPS) is 24.7. The maximum Gasteiger partial charge on any atom is 0.327 e. The first-order valence-electron chi connectivity index (χ1n) is 46.8. The highest BCUT2D eigenvalue weighted by molar-refractivity contribution is 7.97. The van der Waals surface area contributed by atoms with Crippen LogP contribution in [-0.2, 0) is 77.0 Å². The molecule has 23 rings (SSSR count). The molecule has 0 spiro atoms. The Kier molecular flexibility index (Phi) is 30.3. The van der Waals surface area contributed by atoms with Crippen LogP contribution in [0.15, 0.2) is 366 Å². The number of aliphatic carboxylic acids is 3. The monoisotopic (exact) mass is 1870 g/mol. The number of carbonyl (C=O) groups excluding carboxylic acids is 5. The lowest BCUT2D eigenvalue weighted by molar-refractivity contribution is -0.360. The first kappa shape index (κ1) is 97.9. The number of carboxylic acid groups (broad SMARTS) is 3. The molecule has 134 heavy (non-hydrogen) atoms. The van der Waals surface area contributed by atoms with E-state index in [-0.39, 0.29) is 54.6 Å². The second-order valence-corrected chi connectivity index (χ2v) is 46.3. The molecule has 0 radical (unpaired) electrons. The molecule has 11 nitrogen and oxygen atoms in total. The Bertz CT molecular complexity index is 5190. The van der Waals surface area contributed by atoms with Crippen molar-refractivity contribution in [2.24, 2.45) is 70.0 Å². The summed E-state index contributed by atoms with van der Waals surface area (Å²) in [5, 5.41) is 43.0. The second kappa shape index (κ2) is 41.5. The van der Waals surface area contributed by atoms with Crippen molar-refractivity contribution < 1.29 is 80.2 Å². The van der Waals surface area contributed by atoms with E-state index in [4.69, 9.17) is 9.47 Å². The molecule has 0 aromatic heterocycles. The van der Waals surface area contributed by atoms with E-state index in [9.17, 15) is 70.7 Å². The van der Waals surface area contributed by atoms with E-state index in [1.807, 2.05) is 0 Å². The molecule has 12 saturated carbocycles. The van der Waals surface area contributed by atoms with Crippen molar-refractivity contribution in [3.8, 4) is 0 Å². The molecule has 20 heteroatoms. The van der Waals surface area contributed by atoms with Gasteiger partial charge in [-0.25, -0.2) is 0 Å².